The molecule has 1 aliphatic heterocycles. The molecule has 9 heteroatoms. The van der Waals surface area contributed by atoms with Crippen molar-refractivity contribution in [3.8, 4) is 5.75 Å². The largest absolute Gasteiger partial charge is 0.487 e. The van der Waals surface area contributed by atoms with Crippen LogP contribution in [0.5, 0.6) is 5.75 Å². The number of hydrogen-bond donors (Lipinski definition) is 1. The number of aromatic nitrogens is 2. The highest BCUT2D eigenvalue weighted by Crippen LogP contribution is 2.35. The number of nitrogens with zero attached hydrogens (tertiary/aromatic N) is 3. The summed E-state index contributed by atoms with van der Waals surface area (Å²) >= 11 is 0. The molecule has 0 aliphatic carbocycles. The van der Waals surface area contributed by atoms with E-state index in [9.17, 15) is 18.0 Å². The lowest BCUT2D eigenvalue weighted by molar-refractivity contribution is -0.138. The Kier molecular flexibility index (Phi) is 4.89. The lowest BCUT2D eigenvalue weighted by Gasteiger charge is -2.21. The summed E-state index contributed by atoms with van der Waals surface area (Å²) in [6.07, 6.45) is -4.73. The van der Waals surface area contributed by atoms with E-state index in [2.05, 4.69) is 10.3 Å². The highest BCUT2D eigenvalue weighted by Gasteiger charge is 2.33. The minimum Gasteiger partial charge on any atom is -0.487 e. The Labute approximate surface area is 170 Å². The monoisotopic (exact) mass is 416 g/mol. The summed E-state index contributed by atoms with van der Waals surface area (Å²) in [7, 11) is 1.77. The molecule has 1 N–H and O–H groups in total. The first-order valence-electron chi connectivity index (χ1n) is 9.23. The first kappa shape index (κ1) is 19.8. The Morgan fingerprint density at radius 1 is 1.13 bits per heavy atom. The summed E-state index contributed by atoms with van der Waals surface area (Å²) in [6.45, 7) is 1.22. The van der Waals surface area contributed by atoms with Crippen molar-refractivity contribution >= 4 is 5.95 Å². The number of alkyl halides is 3. The first-order valence-corrected chi connectivity index (χ1v) is 9.23. The number of ether oxygens (including phenoxy) is 1. The van der Waals surface area contributed by atoms with Gasteiger partial charge in [0.25, 0.3) is 5.56 Å². The predicted molar refractivity (Wildman–Crippen MR) is 106 cm³/mol. The molecule has 1 atom stereocenters. The maximum absolute atomic E-state index is 13.1. The number of benzene rings is 2. The molecule has 0 radical (unpaired) electrons. The van der Waals surface area contributed by atoms with E-state index in [1.807, 2.05) is 30.3 Å². The van der Waals surface area contributed by atoms with Crippen molar-refractivity contribution in [2.75, 3.05) is 17.4 Å². The molecule has 1 unspecified atom stereocenters. The minimum atomic E-state index is -4.46. The molecule has 3 aromatic rings. The van der Waals surface area contributed by atoms with Crippen LogP contribution in [0.1, 0.15) is 28.6 Å². The number of hydrogen-bond acceptors (Lipinski definition) is 5. The highest BCUT2D eigenvalue weighted by molar-refractivity contribution is 5.43. The van der Waals surface area contributed by atoms with Crippen LogP contribution in [0.15, 0.2) is 59.4 Å². The number of fused-ring (bicyclic) bond motifs is 1. The van der Waals surface area contributed by atoms with Gasteiger partial charge < -0.3 is 10.1 Å². The smallest absolute Gasteiger partial charge is 0.416 e. The van der Waals surface area contributed by atoms with Crippen molar-refractivity contribution in [2.24, 2.45) is 0 Å². The Morgan fingerprint density at radius 3 is 2.57 bits per heavy atom. The summed E-state index contributed by atoms with van der Waals surface area (Å²) < 4.78 is 46.2. The molecule has 0 spiro atoms. The molecule has 2 heterocycles. The maximum Gasteiger partial charge on any atom is 0.416 e. The fourth-order valence-electron chi connectivity index (χ4n) is 3.49. The zero-order valence-electron chi connectivity index (χ0n) is 16.3. The summed E-state index contributed by atoms with van der Waals surface area (Å²) in [6, 6.07) is 14.7. The van der Waals surface area contributed by atoms with Gasteiger partial charge in [-0.2, -0.15) is 17.8 Å². The molecule has 0 saturated heterocycles. The molecule has 0 saturated carbocycles. The van der Waals surface area contributed by atoms with E-state index >= 15 is 0 Å². The second-order valence-corrected chi connectivity index (χ2v) is 6.97. The van der Waals surface area contributed by atoms with E-state index in [1.54, 1.807) is 12.1 Å². The molecule has 0 fully saturated rings. The van der Waals surface area contributed by atoms with Crippen LogP contribution in [0.25, 0.3) is 0 Å². The average molecular weight is 416 g/mol. The summed E-state index contributed by atoms with van der Waals surface area (Å²) in [4.78, 5) is 17.0. The van der Waals surface area contributed by atoms with E-state index in [-0.39, 0.29) is 29.6 Å². The fourth-order valence-corrected chi connectivity index (χ4v) is 3.49. The van der Waals surface area contributed by atoms with E-state index in [0.717, 1.165) is 11.6 Å². The molecular weight excluding hydrogens is 397 g/mol. The molecule has 156 valence electrons. The van der Waals surface area contributed by atoms with Crippen LogP contribution in [0.3, 0.4) is 0 Å². The Bertz CT molecular complexity index is 1130. The molecule has 0 amide bonds. The molecule has 4 rings (SSSR count). The fraction of sp³-hybridized carbons (Fsp3) is 0.238. The van der Waals surface area contributed by atoms with Gasteiger partial charge in [-0.25, -0.2) is 4.98 Å². The van der Waals surface area contributed by atoms with E-state index in [0.29, 0.717) is 11.6 Å². The minimum absolute atomic E-state index is 0.00937. The zero-order chi connectivity index (χ0) is 21.5. The van der Waals surface area contributed by atoms with Gasteiger partial charge in [-0.1, -0.05) is 36.4 Å². The van der Waals surface area contributed by atoms with Crippen LogP contribution in [0.4, 0.5) is 19.1 Å². The van der Waals surface area contributed by atoms with Crippen LogP contribution in [-0.2, 0) is 12.8 Å². The number of halogens is 3. The van der Waals surface area contributed by atoms with Gasteiger partial charge in [-0.3, -0.25) is 9.80 Å². The van der Waals surface area contributed by atoms with Crippen LogP contribution in [0, 0.1) is 6.92 Å². The standard InChI is InChI=1S/C21H19F3N4O2/c1-13-16(21(22,23)24)9-6-10-17(13)30-12-15-11-18(29)28-20(25-15)26-19(27(28)2)14-7-4-3-5-8-14/h3-11,19H,12H2,1-2H3,(H,25,26). The summed E-state index contributed by atoms with van der Waals surface area (Å²) in [5.41, 5.74) is 0.202. The van der Waals surface area contributed by atoms with Crippen LogP contribution in [0.2, 0.25) is 0 Å². The van der Waals surface area contributed by atoms with E-state index < -0.39 is 11.7 Å². The highest BCUT2D eigenvalue weighted by atomic mass is 19.4. The van der Waals surface area contributed by atoms with Crippen molar-refractivity contribution in [3.05, 3.63) is 87.3 Å². The number of nitrogens with one attached hydrogen (secondary N) is 1. The number of rotatable bonds is 4. The van der Waals surface area contributed by atoms with Gasteiger partial charge in [0.2, 0.25) is 5.95 Å². The third-order valence-electron chi connectivity index (χ3n) is 4.98. The Balaban J connectivity index is 1.57. The van der Waals surface area contributed by atoms with Gasteiger partial charge >= 0.3 is 6.18 Å². The average Bonchev–Trinajstić information content (AvgIpc) is 3.04. The second-order valence-electron chi connectivity index (χ2n) is 6.97. The quantitative estimate of drug-likeness (QED) is 0.700. The molecule has 0 bridgehead atoms. The lowest BCUT2D eigenvalue weighted by atomic mass is 10.1. The van der Waals surface area contributed by atoms with Gasteiger partial charge in [0.15, 0.2) is 0 Å². The topological polar surface area (TPSA) is 59.4 Å². The van der Waals surface area contributed by atoms with Gasteiger partial charge in [-0.05, 0) is 24.6 Å². The summed E-state index contributed by atoms with van der Waals surface area (Å²) in [5.74, 6) is 0.442. The van der Waals surface area contributed by atoms with E-state index in [4.69, 9.17) is 4.74 Å². The predicted octanol–water partition coefficient (Wildman–Crippen LogP) is 3.84. The molecule has 1 aliphatic rings. The normalized spacial score (nSPS) is 15.6. The van der Waals surface area contributed by atoms with Gasteiger partial charge in [0.05, 0.1) is 11.3 Å². The van der Waals surface area contributed by atoms with Crippen molar-refractivity contribution in [2.45, 2.75) is 25.9 Å². The third kappa shape index (κ3) is 3.58. The maximum atomic E-state index is 13.1. The molecule has 2 aromatic carbocycles. The Hall–Kier alpha value is -3.49. The van der Waals surface area contributed by atoms with Crippen molar-refractivity contribution < 1.29 is 17.9 Å². The Morgan fingerprint density at radius 2 is 1.87 bits per heavy atom. The lowest BCUT2D eigenvalue weighted by Crippen LogP contribution is -2.37. The molecular formula is C21H19F3N4O2. The van der Waals surface area contributed by atoms with Crippen LogP contribution < -0.4 is 20.6 Å². The first-order chi connectivity index (χ1) is 14.3. The van der Waals surface area contributed by atoms with Crippen molar-refractivity contribution in [1.82, 2.24) is 9.66 Å². The molecule has 1 aromatic heterocycles. The number of anilines is 1. The molecule has 30 heavy (non-hydrogen) atoms. The summed E-state index contributed by atoms with van der Waals surface area (Å²) in [5, 5.41) is 4.93. The molecule has 6 nitrogen and oxygen atoms in total. The van der Waals surface area contributed by atoms with Crippen LogP contribution in [-0.4, -0.2) is 16.7 Å². The van der Waals surface area contributed by atoms with Gasteiger partial charge in [-0.15, -0.1) is 0 Å². The van der Waals surface area contributed by atoms with E-state index in [1.165, 1.54) is 29.8 Å². The zero-order valence-corrected chi connectivity index (χ0v) is 16.3. The van der Waals surface area contributed by atoms with Gasteiger partial charge in [0, 0.05) is 18.7 Å². The SMILES string of the molecule is Cc1c(OCc2cc(=O)n3c(n2)NC(c2ccccc2)N3C)cccc1C(F)(F)F. The van der Waals surface area contributed by atoms with Crippen LogP contribution >= 0.6 is 0 Å². The second kappa shape index (κ2) is 7.40. The van der Waals surface area contributed by atoms with Crippen molar-refractivity contribution in [3.63, 3.8) is 0 Å². The van der Waals surface area contributed by atoms with Crippen molar-refractivity contribution in [1.29, 1.82) is 0 Å². The third-order valence-corrected chi connectivity index (χ3v) is 4.98. The van der Waals surface area contributed by atoms with Gasteiger partial charge in [0.1, 0.15) is 18.5 Å².